The summed E-state index contributed by atoms with van der Waals surface area (Å²) < 4.78 is 0. The molecule has 1 unspecified atom stereocenters. The highest BCUT2D eigenvalue weighted by molar-refractivity contribution is 6.03. The van der Waals surface area contributed by atoms with Gasteiger partial charge in [0.15, 0.2) is 0 Å². The van der Waals surface area contributed by atoms with Gasteiger partial charge in [-0.1, -0.05) is 6.07 Å². The molecule has 0 saturated heterocycles. The molecule has 6 heteroatoms. The molecule has 0 bridgehead atoms. The molecular weight excluding hydrogens is 258 g/mol. The Hall–Kier alpha value is -2.37. The van der Waals surface area contributed by atoms with E-state index in [9.17, 15) is 14.4 Å². The highest BCUT2D eigenvalue weighted by atomic mass is 16.2. The van der Waals surface area contributed by atoms with E-state index in [-0.39, 0.29) is 17.7 Å². The Morgan fingerprint density at radius 1 is 1.40 bits per heavy atom. The van der Waals surface area contributed by atoms with Crippen molar-refractivity contribution in [1.82, 2.24) is 10.6 Å². The Morgan fingerprint density at radius 2 is 2.15 bits per heavy atom. The first-order chi connectivity index (χ1) is 9.51. The number of carbonyl (C=O) groups is 3. The van der Waals surface area contributed by atoms with Gasteiger partial charge in [0.05, 0.1) is 6.42 Å². The second-order valence-corrected chi connectivity index (χ2v) is 4.69. The van der Waals surface area contributed by atoms with Crippen molar-refractivity contribution in [3.8, 4) is 0 Å². The van der Waals surface area contributed by atoms with Crippen LogP contribution in [0.25, 0.3) is 0 Å². The lowest BCUT2D eigenvalue weighted by molar-refractivity contribution is -0.122. The van der Waals surface area contributed by atoms with Crippen molar-refractivity contribution >= 4 is 23.4 Å². The molecule has 0 spiro atoms. The first kappa shape index (κ1) is 14.0. The van der Waals surface area contributed by atoms with Crippen LogP contribution in [-0.4, -0.2) is 30.3 Å². The van der Waals surface area contributed by atoms with Gasteiger partial charge in [-0.2, -0.15) is 0 Å². The molecule has 0 aliphatic carbocycles. The largest absolute Gasteiger partial charge is 0.355 e. The summed E-state index contributed by atoms with van der Waals surface area (Å²) in [5.74, 6) is -0.642. The zero-order valence-electron chi connectivity index (χ0n) is 11.4. The normalized spacial score (nSPS) is 14.2. The first-order valence-electron chi connectivity index (χ1n) is 6.52. The van der Waals surface area contributed by atoms with Crippen molar-refractivity contribution < 1.29 is 14.4 Å². The smallest absolute Gasteiger partial charge is 0.251 e. The van der Waals surface area contributed by atoms with E-state index in [4.69, 9.17) is 0 Å². The third-order valence-electron chi connectivity index (χ3n) is 3.09. The highest BCUT2D eigenvalue weighted by Gasteiger charge is 2.20. The van der Waals surface area contributed by atoms with Crippen LogP contribution in [0.2, 0.25) is 0 Å². The molecule has 3 amide bonds. The average Bonchev–Trinajstić information content (AvgIpc) is 2.77. The molecule has 20 heavy (non-hydrogen) atoms. The summed E-state index contributed by atoms with van der Waals surface area (Å²) in [5, 5.41) is 7.95. The Morgan fingerprint density at radius 3 is 2.85 bits per heavy atom. The van der Waals surface area contributed by atoms with Gasteiger partial charge in [-0.25, -0.2) is 0 Å². The summed E-state index contributed by atoms with van der Waals surface area (Å²) in [5.41, 5.74) is 1.96. The predicted molar refractivity (Wildman–Crippen MR) is 74.4 cm³/mol. The summed E-state index contributed by atoms with van der Waals surface area (Å²) in [6.07, 6.45) is 0.340. The molecule has 0 fully saturated rings. The zero-order chi connectivity index (χ0) is 14.7. The van der Waals surface area contributed by atoms with Gasteiger partial charge in [-0.3, -0.25) is 14.4 Å². The lowest BCUT2D eigenvalue weighted by Gasteiger charge is -2.13. The number of nitrogens with one attached hydrogen (secondary N) is 3. The summed E-state index contributed by atoms with van der Waals surface area (Å²) in [7, 11) is 0. The summed E-state index contributed by atoms with van der Waals surface area (Å²) in [4.78, 5) is 34.9. The monoisotopic (exact) mass is 275 g/mol. The number of fused-ring (bicyclic) bond motifs is 1. The molecule has 1 aromatic carbocycles. The van der Waals surface area contributed by atoms with Crippen LogP contribution >= 0.6 is 0 Å². The number of anilines is 1. The van der Waals surface area contributed by atoms with Crippen molar-refractivity contribution in [2.24, 2.45) is 0 Å². The molecule has 1 aliphatic heterocycles. The van der Waals surface area contributed by atoms with Crippen molar-refractivity contribution in [2.75, 3.05) is 11.9 Å². The van der Waals surface area contributed by atoms with Crippen molar-refractivity contribution in [3.63, 3.8) is 0 Å². The van der Waals surface area contributed by atoms with Gasteiger partial charge in [-0.15, -0.1) is 0 Å². The van der Waals surface area contributed by atoms with Crippen molar-refractivity contribution in [2.45, 2.75) is 26.3 Å². The van der Waals surface area contributed by atoms with E-state index in [1.54, 1.807) is 25.1 Å². The summed E-state index contributed by atoms with van der Waals surface area (Å²) >= 11 is 0. The number of rotatable bonds is 4. The maximum absolute atomic E-state index is 12.0. The number of amides is 3. The van der Waals surface area contributed by atoms with Crippen LogP contribution in [0.3, 0.4) is 0 Å². The second-order valence-electron chi connectivity index (χ2n) is 4.69. The van der Waals surface area contributed by atoms with Gasteiger partial charge in [-0.05, 0) is 31.5 Å². The van der Waals surface area contributed by atoms with E-state index in [0.717, 1.165) is 5.56 Å². The molecule has 3 N–H and O–H groups in total. The predicted octanol–water partition coefficient (Wildman–Crippen LogP) is 0.436. The SMILES string of the molecule is CCNC(=O)C(C)NC(=O)c1ccc2c(c1)NC(=O)C2. The molecule has 1 aromatic rings. The van der Waals surface area contributed by atoms with Gasteiger partial charge in [0, 0.05) is 17.8 Å². The zero-order valence-corrected chi connectivity index (χ0v) is 11.4. The lowest BCUT2D eigenvalue weighted by Crippen LogP contribution is -2.44. The standard InChI is InChI=1S/C14H17N3O3/c1-3-15-13(19)8(2)16-14(20)10-5-4-9-7-12(18)17-11(9)6-10/h4-6,8H,3,7H2,1-2H3,(H,15,19)(H,16,20)(H,17,18). The minimum absolute atomic E-state index is 0.0757. The molecule has 0 saturated carbocycles. The molecule has 1 heterocycles. The summed E-state index contributed by atoms with van der Waals surface area (Å²) in [6.45, 7) is 3.96. The molecule has 6 nitrogen and oxygen atoms in total. The Kier molecular flexibility index (Phi) is 4.02. The van der Waals surface area contributed by atoms with E-state index in [0.29, 0.717) is 24.2 Å². The van der Waals surface area contributed by atoms with Crippen molar-refractivity contribution in [1.29, 1.82) is 0 Å². The van der Waals surface area contributed by atoms with Crippen LogP contribution in [0, 0.1) is 0 Å². The van der Waals surface area contributed by atoms with E-state index in [2.05, 4.69) is 16.0 Å². The second kappa shape index (κ2) is 5.73. The lowest BCUT2D eigenvalue weighted by atomic mass is 10.1. The molecule has 106 valence electrons. The van der Waals surface area contributed by atoms with Gasteiger partial charge >= 0.3 is 0 Å². The van der Waals surface area contributed by atoms with Crippen molar-refractivity contribution in [3.05, 3.63) is 29.3 Å². The minimum Gasteiger partial charge on any atom is -0.355 e. The van der Waals surface area contributed by atoms with Gasteiger partial charge in [0.1, 0.15) is 6.04 Å². The van der Waals surface area contributed by atoms with Crippen LogP contribution in [0.5, 0.6) is 0 Å². The van der Waals surface area contributed by atoms with E-state index in [1.165, 1.54) is 0 Å². The molecule has 1 atom stereocenters. The van der Waals surface area contributed by atoms with Crippen LogP contribution < -0.4 is 16.0 Å². The third kappa shape index (κ3) is 2.96. The number of hydrogen-bond acceptors (Lipinski definition) is 3. The Bertz CT molecular complexity index is 569. The topological polar surface area (TPSA) is 87.3 Å². The summed E-state index contributed by atoms with van der Waals surface area (Å²) in [6, 6.07) is 4.42. The number of hydrogen-bond donors (Lipinski definition) is 3. The van der Waals surface area contributed by atoms with E-state index >= 15 is 0 Å². The highest BCUT2D eigenvalue weighted by Crippen LogP contribution is 2.23. The maximum Gasteiger partial charge on any atom is 0.251 e. The molecule has 0 aromatic heterocycles. The van der Waals surface area contributed by atoms with Gasteiger partial charge < -0.3 is 16.0 Å². The van der Waals surface area contributed by atoms with E-state index < -0.39 is 6.04 Å². The number of carbonyl (C=O) groups excluding carboxylic acids is 3. The first-order valence-corrected chi connectivity index (χ1v) is 6.52. The third-order valence-corrected chi connectivity index (χ3v) is 3.09. The number of benzene rings is 1. The molecule has 2 rings (SSSR count). The van der Waals surface area contributed by atoms with Crippen LogP contribution in [-0.2, 0) is 16.0 Å². The minimum atomic E-state index is -0.606. The van der Waals surface area contributed by atoms with Gasteiger partial charge in [0.25, 0.3) is 5.91 Å². The van der Waals surface area contributed by atoms with E-state index in [1.807, 2.05) is 6.92 Å². The fraction of sp³-hybridized carbons (Fsp3) is 0.357. The maximum atomic E-state index is 12.0. The number of likely N-dealkylation sites (N-methyl/N-ethyl adjacent to an activating group) is 1. The fourth-order valence-electron chi connectivity index (χ4n) is 2.03. The molecular formula is C14H17N3O3. The quantitative estimate of drug-likeness (QED) is 0.745. The van der Waals surface area contributed by atoms with Gasteiger partial charge in [0.2, 0.25) is 11.8 Å². The Balaban J connectivity index is 2.05. The average molecular weight is 275 g/mol. The molecule has 0 radical (unpaired) electrons. The van der Waals surface area contributed by atoms with Crippen LogP contribution in [0.4, 0.5) is 5.69 Å². The fourth-order valence-corrected chi connectivity index (χ4v) is 2.03. The van der Waals surface area contributed by atoms with Crippen LogP contribution in [0.15, 0.2) is 18.2 Å². The molecule has 1 aliphatic rings. The van der Waals surface area contributed by atoms with Crippen LogP contribution in [0.1, 0.15) is 29.8 Å². The Labute approximate surface area is 116 Å².